The van der Waals surface area contributed by atoms with Crippen LogP contribution in [0.15, 0.2) is 42.5 Å². The molecule has 0 aromatic heterocycles. The van der Waals surface area contributed by atoms with Crippen LogP contribution in [-0.2, 0) is 16.6 Å². The molecule has 1 N–H and O–H groups in total. The number of rotatable bonds is 7. The van der Waals surface area contributed by atoms with Crippen LogP contribution in [0.2, 0.25) is 10.0 Å². The first-order chi connectivity index (χ1) is 12.5. The summed E-state index contributed by atoms with van der Waals surface area (Å²) in [4.78, 5) is 13.0. The van der Waals surface area contributed by atoms with Crippen LogP contribution < -0.4 is 5.32 Å². The molecule has 1 amide bonds. The van der Waals surface area contributed by atoms with Gasteiger partial charge in [-0.25, -0.2) is 4.39 Å². The SMILES string of the molecule is O=C(NCCc1ccc(F)cc1)[C@@]1(c2ccc(Cl)c(Cl)c2)C[C@H]1CCCl. The van der Waals surface area contributed by atoms with Crippen molar-refractivity contribution in [2.75, 3.05) is 12.4 Å². The van der Waals surface area contributed by atoms with Gasteiger partial charge in [-0.15, -0.1) is 11.6 Å². The zero-order chi connectivity index (χ0) is 18.7. The molecule has 0 bridgehead atoms. The second-order valence-electron chi connectivity index (χ2n) is 6.61. The van der Waals surface area contributed by atoms with Crippen molar-refractivity contribution < 1.29 is 9.18 Å². The van der Waals surface area contributed by atoms with E-state index in [1.165, 1.54) is 12.1 Å². The van der Waals surface area contributed by atoms with Gasteiger partial charge in [0.25, 0.3) is 0 Å². The summed E-state index contributed by atoms with van der Waals surface area (Å²) in [6, 6.07) is 11.7. The molecule has 2 nitrogen and oxygen atoms in total. The van der Waals surface area contributed by atoms with Crippen molar-refractivity contribution in [3.63, 3.8) is 0 Å². The highest BCUT2D eigenvalue weighted by Crippen LogP contribution is 2.57. The quantitative estimate of drug-likeness (QED) is 0.606. The van der Waals surface area contributed by atoms with Crippen molar-refractivity contribution in [2.24, 2.45) is 5.92 Å². The Hall–Kier alpha value is -1.29. The van der Waals surface area contributed by atoms with E-state index < -0.39 is 5.41 Å². The minimum atomic E-state index is -0.591. The number of hydrogen-bond donors (Lipinski definition) is 1. The standard InChI is InChI=1S/C20H19Cl3FNO/c21-9-7-15-12-20(15,14-3-6-17(22)18(23)11-14)19(26)25-10-8-13-1-4-16(24)5-2-13/h1-6,11,15H,7-10,12H2,(H,25,26)/t15-,20-/m1/s1. The molecule has 138 valence electrons. The summed E-state index contributed by atoms with van der Waals surface area (Å²) >= 11 is 18.1. The molecule has 0 radical (unpaired) electrons. The molecule has 2 aromatic carbocycles. The Kier molecular flexibility index (Phi) is 6.11. The summed E-state index contributed by atoms with van der Waals surface area (Å²) in [5.74, 6) is 0.422. The number of nitrogens with one attached hydrogen (secondary N) is 1. The Bertz CT molecular complexity index is 796. The van der Waals surface area contributed by atoms with Gasteiger partial charge in [-0.1, -0.05) is 41.4 Å². The summed E-state index contributed by atoms with van der Waals surface area (Å²) in [5, 5.41) is 3.93. The van der Waals surface area contributed by atoms with E-state index in [0.29, 0.717) is 28.9 Å². The molecule has 2 atom stereocenters. The number of hydrogen-bond acceptors (Lipinski definition) is 1. The Labute approximate surface area is 167 Å². The minimum Gasteiger partial charge on any atom is -0.355 e. The molecule has 3 rings (SSSR count). The maximum atomic E-state index is 13.0. The Balaban J connectivity index is 1.70. The molecule has 0 spiro atoms. The van der Waals surface area contributed by atoms with E-state index in [4.69, 9.17) is 34.8 Å². The summed E-state index contributed by atoms with van der Waals surface area (Å²) in [6.07, 6.45) is 2.16. The molecule has 0 unspecified atom stereocenters. The van der Waals surface area contributed by atoms with Gasteiger partial charge in [-0.05, 0) is 60.6 Å². The highest BCUT2D eigenvalue weighted by molar-refractivity contribution is 6.42. The van der Waals surface area contributed by atoms with Crippen molar-refractivity contribution in [1.29, 1.82) is 0 Å². The molecule has 0 heterocycles. The third-order valence-electron chi connectivity index (χ3n) is 5.02. The smallest absolute Gasteiger partial charge is 0.230 e. The second-order valence-corrected chi connectivity index (χ2v) is 7.80. The van der Waals surface area contributed by atoms with Crippen molar-refractivity contribution in [2.45, 2.75) is 24.7 Å². The first-order valence-electron chi connectivity index (χ1n) is 8.51. The van der Waals surface area contributed by atoms with Gasteiger partial charge in [0.1, 0.15) is 5.82 Å². The molecular formula is C20H19Cl3FNO. The number of halogens is 4. The Morgan fingerprint density at radius 2 is 1.88 bits per heavy atom. The zero-order valence-corrected chi connectivity index (χ0v) is 16.3. The van der Waals surface area contributed by atoms with Gasteiger partial charge in [0, 0.05) is 12.4 Å². The lowest BCUT2D eigenvalue weighted by Gasteiger charge is -2.19. The van der Waals surface area contributed by atoms with Crippen molar-refractivity contribution in [3.05, 3.63) is 69.5 Å². The van der Waals surface area contributed by atoms with Gasteiger partial charge in [-0.3, -0.25) is 4.79 Å². The molecular weight excluding hydrogens is 396 g/mol. The van der Waals surface area contributed by atoms with E-state index in [1.807, 2.05) is 6.07 Å². The monoisotopic (exact) mass is 413 g/mol. The van der Waals surface area contributed by atoms with Crippen molar-refractivity contribution in [3.8, 4) is 0 Å². The summed E-state index contributed by atoms with van der Waals surface area (Å²) in [7, 11) is 0. The maximum absolute atomic E-state index is 13.0. The summed E-state index contributed by atoms with van der Waals surface area (Å²) < 4.78 is 13.0. The lowest BCUT2D eigenvalue weighted by molar-refractivity contribution is -0.123. The third kappa shape index (κ3) is 4.00. The van der Waals surface area contributed by atoms with E-state index in [2.05, 4.69) is 5.32 Å². The first-order valence-corrected chi connectivity index (χ1v) is 9.80. The first kappa shape index (κ1) is 19.5. The van der Waals surface area contributed by atoms with Gasteiger partial charge in [0.15, 0.2) is 0 Å². The van der Waals surface area contributed by atoms with Gasteiger partial charge >= 0.3 is 0 Å². The molecule has 0 saturated heterocycles. The topological polar surface area (TPSA) is 29.1 Å². The number of carbonyl (C=O) groups is 1. The molecule has 6 heteroatoms. The van der Waals surface area contributed by atoms with E-state index in [-0.39, 0.29) is 17.6 Å². The number of alkyl halides is 1. The second kappa shape index (κ2) is 8.16. The number of benzene rings is 2. The number of carbonyl (C=O) groups excluding carboxylic acids is 1. The fourth-order valence-corrected chi connectivity index (χ4v) is 4.04. The van der Waals surface area contributed by atoms with Crippen LogP contribution in [-0.4, -0.2) is 18.3 Å². The number of amides is 1. The molecule has 1 aliphatic rings. The zero-order valence-electron chi connectivity index (χ0n) is 14.1. The van der Waals surface area contributed by atoms with Crippen LogP contribution in [0.1, 0.15) is 24.0 Å². The highest BCUT2D eigenvalue weighted by atomic mass is 35.5. The van der Waals surface area contributed by atoms with Crippen molar-refractivity contribution >= 4 is 40.7 Å². The average Bonchev–Trinajstić information content (AvgIpc) is 3.34. The van der Waals surface area contributed by atoms with Gasteiger partial charge in [-0.2, -0.15) is 0 Å². The van der Waals surface area contributed by atoms with Gasteiger partial charge < -0.3 is 5.32 Å². The highest BCUT2D eigenvalue weighted by Gasteiger charge is 2.60. The van der Waals surface area contributed by atoms with E-state index in [9.17, 15) is 9.18 Å². The molecule has 1 aliphatic carbocycles. The molecule has 0 aliphatic heterocycles. The Morgan fingerprint density at radius 1 is 1.15 bits per heavy atom. The lowest BCUT2D eigenvalue weighted by Crippen LogP contribution is -2.37. The normalized spacial score (nSPS) is 21.5. The molecule has 1 saturated carbocycles. The predicted octanol–water partition coefficient (Wildman–Crippen LogP) is 5.38. The third-order valence-corrected chi connectivity index (χ3v) is 5.97. The lowest BCUT2D eigenvalue weighted by atomic mass is 9.91. The van der Waals surface area contributed by atoms with E-state index >= 15 is 0 Å². The largest absolute Gasteiger partial charge is 0.355 e. The van der Waals surface area contributed by atoms with E-state index in [1.54, 1.807) is 24.3 Å². The van der Waals surface area contributed by atoms with Crippen LogP contribution >= 0.6 is 34.8 Å². The van der Waals surface area contributed by atoms with Crippen LogP contribution in [0.25, 0.3) is 0 Å². The van der Waals surface area contributed by atoms with Crippen LogP contribution in [0.4, 0.5) is 4.39 Å². The van der Waals surface area contributed by atoms with Gasteiger partial charge in [0.05, 0.1) is 15.5 Å². The molecule has 26 heavy (non-hydrogen) atoms. The van der Waals surface area contributed by atoms with Crippen LogP contribution in [0, 0.1) is 11.7 Å². The van der Waals surface area contributed by atoms with Crippen molar-refractivity contribution in [1.82, 2.24) is 5.32 Å². The van der Waals surface area contributed by atoms with Gasteiger partial charge in [0.2, 0.25) is 5.91 Å². The van der Waals surface area contributed by atoms with Crippen LogP contribution in [0.3, 0.4) is 0 Å². The fraction of sp³-hybridized carbons (Fsp3) is 0.350. The summed E-state index contributed by atoms with van der Waals surface area (Å²) in [6.45, 7) is 0.487. The Morgan fingerprint density at radius 3 is 2.54 bits per heavy atom. The van der Waals surface area contributed by atoms with Crippen LogP contribution in [0.5, 0.6) is 0 Å². The summed E-state index contributed by atoms with van der Waals surface area (Å²) in [5.41, 5.74) is 1.26. The average molecular weight is 415 g/mol. The molecule has 2 aromatic rings. The predicted molar refractivity (Wildman–Crippen MR) is 105 cm³/mol. The van der Waals surface area contributed by atoms with E-state index in [0.717, 1.165) is 24.0 Å². The minimum absolute atomic E-state index is 0.0203. The molecule has 1 fully saturated rings. The fourth-order valence-electron chi connectivity index (χ4n) is 3.48. The maximum Gasteiger partial charge on any atom is 0.230 e.